The first-order valence-electron chi connectivity index (χ1n) is 10.9. The lowest BCUT2D eigenvalue weighted by atomic mass is 10.1. The number of ether oxygens (including phenoxy) is 1. The van der Waals surface area contributed by atoms with Gasteiger partial charge in [0, 0.05) is 23.9 Å². The van der Waals surface area contributed by atoms with Gasteiger partial charge in [0.05, 0.1) is 36.4 Å². The fourth-order valence-electron chi connectivity index (χ4n) is 3.85. The number of pyridine rings is 1. The molecule has 0 aliphatic carbocycles. The second-order valence-electron chi connectivity index (χ2n) is 8.30. The molecule has 0 aromatic carbocycles. The summed E-state index contributed by atoms with van der Waals surface area (Å²) in [6, 6.07) is 4.19. The van der Waals surface area contributed by atoms with Crippen molar-refractivity contribution in [2.24, 2.45) is 0 Å². The molecule has 5 heterocycles. The minimum atomic E-state index is -4.53. The van der Waals surface area contributed by atoms with Gasteiger partial charge in [-0.2, -0.15) is 28.4 Å². The van der Waals surface area contributed by atoms with Crippen LogP contribution in [-0.4, -0.2) is 54.8 Å². The van der Waals surface area contributed by atoms with Crippen molar-refractivity contribution in [3.63, 3.8) is 0 Å². The van der Waals surface area contributed by atoms with Gasteiger partial charge in [0.25, 0.3) is 0 Å². The maximum Gasteiger partial charge on any atom is 0.433 e. The van der Waals surface area contributed by atoms with Crippen molar-refractivity contribution < 1.29 is 17.9 Å². The summed E-state index contributed by atoms with van der Waals surface area (Å²) in [7, 11) is 0. The van der Waals surface area contributed by atoms with Gasteiger partial charge < -0.3 is 9.64 Å². The molecule has 4 aromatic rings. The van der Waals surface area contributed by atoms with E-state index in [1.54, 1.807) is 6.20 Å². The number of fused-ring (bicyclic) bond motifs is 1. The monoisotopic (exact) mass is 482 g/mol. The van der Waals surface area contributed by atoms with Gasteiger partial charge in [0.1, 0.15) is 23.0 Å². The molecule has 0 unspecified atom stereocenters. The first-order valence-corrected chi connectivity index (χ1v) is 10.9. The molecule has 0 bridgehead atoms. The average Bonchev–Trinajstić information content (AvgIpc) is 2.84. The molecule has 1 aliphatic heterocycles. The largest absolute Gasteiger partial charge is 0.433 e. The predicted octanol–water partition coefficient (Wildman–Crippen LogP) is 3.79. The quantitative estimate of drug-likeness (QED) is 0.431. The fraction of sp³-hybridized carbons (Fsp3) is 0.348. The lowest BCUT2D eigenvalue weighted by molar-refractivity contribution is -0.141. The third-order valence-electron chi connectivity index (χ3n) is 5.78. The van der Waals surface area contributed by atoms with Crippen molar-refractivity contribution in [1.82, 2.24) is 35.1 Å². The number of rotatable bonds is 3. The number of halogens is 3. The van der Waals surface area contributed by atoms with Crippen LogP contribution >= 0.6 is 0 Å². The molecule has 5 rings (SSSR count). The Bertz CT molecular complexity index is 1390. The van der Waals surface area contributed by atoms with Crippen molar-refractivity contribution in [3.8, 4) is 11.3 Å². The lowest BCUT2D eigenvalue weighted by Crippen LogP contribution is -2.39. The molecule has 4 aromatic heterocycles. The number of hydrogen-bond donors (Lipinski definition) is 0. The predicted molar refractivity (Wildman–Crippen MR) is 121 cm³/mol. The molecule has 0 spiro atoms. The molecular formula is C23H21F3N8O. The van der Waals surface area contributed by atoms with E-state index < -0.39 is 11.9 Å². The first kappa shape index (κ1) is 23.0. The van der Waals surface area contributed by atoms with E-state index >= 15 is 0 Å². The van der Waals surface area contributed by atoms with Crippen molar-refractivity contribution >= 4 is 17.1 Å². The van der Waals surface area contributed by atoms with E-state index in [4.69, 9.17) is 9.72 Å². The zero-order chi connectivity index (χ0) is 24.7. The first-order chi connectivity index (χ1) is 16.7. The van der Waals surface area contributed by atoms with Crippen molar-refractivity contribution in [2.75, 3.05) is 24.6 Å². The van der Waals surface area contributed by atoms with Gasteiger partial charge in [-0.15, -0.1) is 0 Å². The van der Waals surface area contributed by atoms with Crippen LogP contribution in [0.4, 0.5) is 19.1 Å². The van der Waals surface area contributed by atoms with E-state index in [1.807, 2.05) is 31.7 Å². The summed E-state index contributed by atoms with van der Waals surface area (Å²) in [6.07, 6.45) is -1.98. The molecule has 180 valence electrons. The van der Waals surface area contributed by atoms with Crippen LogP contribution in [0.3, 0.4) is 0 Å². The van der Waals surface area contributed by atoms with Crippen LogP contribution in [0.5, 0.6) is 0 Å². The summed E-state index contributed by atoms with van der Waals surface area (Å²) in [4.78, 5) is 24.1. The highest BCUT2D eigenvalue weighted by Crippen LogP contribution is 2.32. The Balaban J connectivity index is 1.58. The van der Waals surface area contributed by atoms with Crippen LogP contribution in [0.2, 0.25) is 0 Å². The summed E-state index contributed by atoms with van der Waals surface area (Å²) in [5.74, 6) is 0.386. The molecule has 1 fully saturated rings. The van der Waals surface area contributed by atoms with E-state index in [1.165, 1.54) is 6.07 Å². The number of anilines is 1. The highest BCUT2D eigenvalue weighted by molar-refractivity contribution is 5.87. The van der Waals surface area contributed by atoms with Gasteiger partial charge in [-0.05, 0) is 39.0 Å². The topological polar surface area (TPSA) is 103 Å². The van der Waals surface area contributed by atoms with E-state index in [9.17, 15) is 13.2 Å². The molecule has 9 nitrogen and oxygen atoms in total. The smallest absolute Gasteiger partial charge is 0.370 e. The third kappa shape index (κ3) is 4.61. The fourth-order valence-corrected chi connectivity index (χ4v) is 3.85. The lowest BCUT2D eigenvalue weighted by Gasteiger charge is -2.33. The molecule has 1 saturated heterocycles. The summed E-state index contributed by atoms with van der Waals surface area (Å²) < 4.78 is 45.1. The van der Waals surface area contributed by atoms with Crippen molar-refractivity contribution in [1.29, 1.82) is 0 Å². The second kappa shape index (κ2) is 8.77. The normalized spacial score (nSPS) is 16.6. The van der Waals surface area contributed by atoms with Crippen LogP contribution < -0.4 is 4.90 Å². The number of aryl methyl sites for hydroxylation is 3. The number of nitrogens with zero attached hydrogens (tertiary/aromatic N) is 8. The molecule has 35 heavy (non-hydrogen) atoms. The Kier molecular flexibility index (Phi) is 5.75. The minimum Gasteiger partial charge on any atom is -0.370 e. The molecule has 12 heteroatoms. The number of aromatic nitrogens is 7. The molecule has 0 amide bonds. The van der Waals surface area contributed by atoms with Gasteiger partial charge in [-0.1, -0.05) is 0 Å². The Hall–Kier alpha value is -3.80. The van der Waals surface area contributed by atoms with E-state index in [-0.39, 0.29) is 6.10 Å². The second-order valence-corrected chi connectivity index (χ2v) is 8.30. The molecule has 1 atom stereocenters. The third-order valence-corrected chi connectivity index (χ3v) is 5.78. The van der Waals surface area contributed by atoms with Crippen LogP contribution in [0.1, 0.15) is 34.4 Å². The molecule has 1 aliphatic rings. The van der Waals surface area contributed by atoms with Crippen LogP contribution in [0.25, 0.3) is 22.4 Å². The number of alkyl halides is 3. The summed E-state index contributed by atoms with van der Waals surface area (Å²) in [6.45, 7) is 6.91. The highest BCUT2D eigenvalue weighted by atomic mass is 19.4. The number of morpholine rings is 1. The maximum atomic E-state index is 13.0. The Labute approximate surface area is 198 Å². The van der Waals surface area contributed by atoms with E-state index in [0.29, 0.717) is 59.5 Å². The van der Waals surface area contributed by atoms with Gasteiger partial charge in [-0.25, -0.2) is 15.0 Å². The summed E-state index contributed by atoms with van der Waals surface area (Å²) in [5.41, 5.74) is 3.60. The average molecular weight is 482 g/mol. The Morgan fingerprint density at radius 2 is 1.80 bits per heavy atom. The highest BCUT2D eigenvalue weighted by Gasteiger charge is 2.32. The Morgan fingerprint density at radius 1 is 1.00 bits per heavy atom. The number of hydrogen-bond acceptors (Lipinski definition) is 9. The standard InChI is InChI=1S/C23H21F3N8O/c1-12-8-16(10-28-33-12)17-11-34(6-7-35-17)22-31-19(15-4-5-18(27-9-15)23(24,25)26)20-21(32-22)30-14(3)13(2)29-20/h4-5,8-10,17H,6-7,11H2,1-3H3/t17-/m1/s1. The van der Waals surface area contributed by atoms with Crippen LogP contribution in [0.15, 0.2) is 30.6 Å². The zero-order valence-corrected chi connectivity index (χ0v) is 19.2. The SMILES string of the molecule is Cc1cc([C@H]2CN(c3nc(-c4ccc(C(F)(F)F)nc4)c4nc(C)c(C)nc4n3)CCO2)cnn1. The van der Waals surface area contributed by atoms with Crippen LogP contribution in [0, 0.1) is 20.8 Å². The van der Waals surface area contributed by atoms with Gasteiger partial charge >= 0.3 is 6.18 Å². The molecular weight excluding hydrogens is 461 g/mol. The van der Waals surface area contributed by atoms with Crippen molar-refractivity contribution in [2.45, 2.75) is 33.1 Å². The zero-order valence-electron chi connectivity index (χ0n) is 19.2. The minimum absolute atomic E-state index is 0.265. The molecule has 0 N–H and O–H groups in total. The van der Waals surface area contributed by atoms with Gasteiger partial charge in [0.2, 0.25) is 5.95 Å². The summed E-state index contributed by atoms with van der Waals surface area (Å²) >= 11 is 0. The summed E-state index contributed by atoms with van der Waals surface area (Å²) in [5, 5.41) is 8.00. The van der Waals surface area contributed by atoms with Gasteiger partial charge in [-0.3, -0.25) is 4.98 Å². The van der Waals surface area contributed by atoms with Gasteiger partial charge in [0.15, 0.2) is 5.65 Å². The maximum absolute atomic E-state index is 13.0. The molecule has 0 radical (unpaired) electrons. The van der Waals surface area contributed by atoms with E-state index in [0.717, 1.165) is 23.5 Å². The molecule has 0 saturated carbocycles. The Morgan fingerprint density at radius 3 is 2.51 bits per heavy atom. The van der Waals surface area contributed by atoms with Crippen LogP contribution in [-0.2, 0) is 10.9 Å². The van der Waals surface area contributed by atoms with E-state index in [2.05, 4.69) is 30.1 Å². The van der Waals surface area contributed by atoms with Crippen molar-refractivity contribution in [3.05, 3.63) is 58.9 Å².